The first-order valence-corrected chi connectivity index (χ1v) is 9.46. The number of fused-ring (bicyclic) bond motifs is 1. The zero-order valence-corrected chi connectivity index (χ0v) is 16.9. The molecular formula is C21H18Cl2N4O. The van der Waals surface area contributed by atoms with Crippen LogP contribution in [0.4, 0.5) is 0 Å². The van der Waals surface area contributed by atoms with Crippen LogP contribution in [0, 0.1) is 6.92 Å². The minimum Gasteiger partial charge on any atom is -0.497 e. The summed E-state index contributed by atoms with van der Waals surface area (Å²) in [4.78, 5) is 9.35. The average molecular weight is 413 g/mol. The van der Waals surface area contributed by atoms with Crippen LogP contribution in [-0.2, 0) is 6.54 Å². The van der Waals surface area contributed by atoms with Crippen molar-refractivity contribution in [2.75, 3.05) is 7.11 Å². The number of aryl methyl sites for hydroxylation is 1. The van der Waals surface area contributed by atoms with E-state index in [1.54, 1.807) is 13.2 Å². The number of hydrogen-bond donors (Lipinski definition) is 1. The molecule has 4 aromatic rings. The Bertz CT molecular complexity index is 1190. The van der Waals surface area contributed by atoms with Crippen LogP contribution in [0.15, 0.2) is 48.7 Å². The van der Waals surface area contributed by atoms with Gasteiger partial charge in [0.15, 0.2) is 0 Å². The summed E-state index contributed by atoms with van der Waals surface area (Å²) in [6.07, 6.45) is 1.94. The Morgan fingerprint density at radius 2 is 1.93 bits per heavy atom. The van der Waals surface area contributed by atoms with Gasteiger partial charge in [-0.2, -0.15) is 0 Å². The first kappa shape index (κ1) is 18.7. The number of nitrogens with two attached hydrogens (primary N) is 1. The fourth-order valence-electron chi connectivity index (χ4n) is 3.29. The van der Waals surface area contributed by atoms with Gasteiger partial charge in [-0.1, -0.05) is 35.3 Å². The number of ether oxygens (including phenoxy) is 1. The molecule has 2 heterocycles. The third-order valence-corrected chi connectivity index (χ3v) is 5.22. The molecule has 0 saturated carbocycles. The van der Waals surface area contributed by atoms with Gasteiger partial charge in [0.1, 0.15) is 5.75 Å². The van der Waals surface area contributed by atoms with Crippen molar-refractivity contribution in [2.45, 2.75) is 13.5 Å². The lowest BCUT2D eigenvalue weighted by Crippen LogP contribution is -2.08. The normalized spacial score (nSPS) is 11.2. The third kappa shape index (κ3) is 3.22. The highest BCUT2D eigenvalue weighted by atomic mass is 35.5. The highest BCUT2D eigenvalue weighted by molar-refractivity contribution is 6.36. The van der Waals surface area contributed by atoms with E-state index in [4.69, 9.17) is 38.7 Å². The summed E-state index contributed by atoms with van der Waals surface area (Å²) < 4.78 is 7.26. The highest BCUT2D eigenvalue weighted by Gasteiger charge is 2.18. The first-order chi connectivity index (χ1) is 13.5. The van der Waals surface area contributed by atoms with Gasteiger partial charge >= 0.3 is 0 Å². The Balaban J connectivity index is 2.01. The minimum atomic E-state index is 0.329. The van der Waals surface area contributed by atoms with Crippen molar-refractivity contribution >= 4 is 29.0 Å². The van der Waals surface area contributed by atoms with Gasteiger partial charge in [0.05, 0.1) is 23.5 Å². The van der Waals surface area contributed by atoms with E-state index < -0.39 is 0 Å². The number of nitrogens with zero attached hydrogens (tertiary/aromatic N) is 3. The second-order valence-electron chi connectivity index (χ2n) is 6.38. The number of hydrogen-bond acceptors (Lipinski definition) is 4. The molecule has 2 aromatic carbocycles. The molecule has 0 bridgehead atoms. The van der Waals surface area contributed by atoms with Crippen LogP contribution < -0.4 is 10.5 Å². The Morgan fingerprint density at radius 3 is 2.64 bits per heavy atom. The van der Waals surface area contributed by atoms with Crippen molar-refractivity contribution < 1.29 is 4.74 Å². The molecule has 0 aliphatic rings. The number of methoxy groups -OCH3 is 1. The zero-order chi connectivity index (χ0) is 19.8. The topological polar surface area (TPSA) is 65.4 Å². The maximum Gasteiger partial charge on any atom is 0.235 e. The standard InChI is InChI=1S/C21H18Cl2N4O/c1-12-17(10-24)20(16-7-6-14(22)9-18(16)23)27-11-19(26-21(27)25-12)13-4-3-5-15(8-13)28-2/h3-9,11H,10,24H2,1-2H3. The lowest BCUT2D eigenvalue weighted by Gasteiger charge is -2.14. The van der Waals surface area contributed by atoms with Gasteiger partial charge in [-0.25, -0.2) is 9.97 Å². The first-order valence-electron chi connectivity index (χ1n) is 8.70. The van der Waals surface area contributed by atoms with Crippen molar-refractivity contribution in [1.82, 2.24) is 14.4 Å². The largest absolute Gasteiger partial charge is 0.497 e. The summed E-state index contributed by atoms with van der Waals surface area (Å²) in [6, 6.07) is 13.2. The smallest absolute Gasteiger partial charge is 0.235 e. The molecule has 0 spiro atoms. The monoisotopic (exact) mass is 412 g/mol. The predicted octanol–water partition coefficient (Wildman–Crippen LogP) is 5.15. The van der Waals surface area contributed by atoms with Crippen molar-refractivity contribution in [3.8, 4) is 28.3 Å². The number of imidazole rings is 1. The second kappa shape index (κ2) is 7.43. The molecule has 0 fully saturated rings. The molecule has 2 aromatic heterocycles. The molecule has 2 N–H and O–H groups in total. The summed E-state index contributed by atoms with van der Waals surface area (Å²) in [5.41, 5.74) is 11.2. The molecule has 7 heteroatoms. The van der Waals surface area contributed by atoms with E-state index in [0.29, 0.717) is 22.4 Å². The molecule has 0 atom stereocenters. The van der Waals surface area contributed by atoms with Crippen molar-refractivity contribution in [1.29, 1.82) is 0 Å². The lowest BCUT2D eigenvalue weighted by atomic mass is 10.0. The maximum absolute atomic E-state index is 6.51. The van der Waals surface area contributed by atoms with Crippen LogP contribution in [0.5, 0.6) is 5.75 Å². The van der Waals surface area contributed by atoms with E-state index in [9.17, 15) is 0 Å². The molecule has 142 valence electrons. The molecule has 0 unspecified atom stereocenters. The SMILES string of the molecule is COc1cccc(-c2cn3c(-c4ccc(Cl)cc4Cl)c(CN)c(C)nc3n2)c1. The molecule has 0 saturated heterocycles. The quantitative estimate of drug-likeness (QED) is 0.503. The number of halogens is 2. The average Bonchev–Trinajstić information content (AvgIpc) is 3.11. The predicted molar refractivity (Wildman–Crippen MR) is 113 cm³/mol. The molecule has 0 aliphatic heterocycles. The van der Waals surface area contributed by atoms with E-state index >= 15 is 0 Å². The van der Waals surface area contributed by atoms with E-state index in [2.05, 4.69) is 4.98 Å². The van der Waals surface area contributed by atoms with E-state index in [0.717, 1.165) is 39.5 Å². The van der Waals surface area contributed by atoms with Crippen LogP contribution in [0.2, 0.25) is 10.0 Å². The van der Waals surface area contributed by atoms with Crippen LogP contribution in [0.1, 0.15) is 11.3 Å². The Labute approximate surface area is 172 Å². The summed E-state index contributed by atoms with van der Waals surface area (Å²) >= 11 is 12.6. The zero-order valence-electron chi connectivity index (χ0n) is 15.4. The van der Waals surface area contributed by atoms with Gasteiger partial charge in [-0.3, -0.25) is 4.40 Å². The molecule has 5 nitrogen and oxygen atoms in total. The van der Waals surface area contributed by atoms with Crippen LogP contribution in [0.3, 0.4) is 0 Å². The molecular weight excluding hydrogens is 395 g/mol. The van der Waals surface area contributed by atoms with Crippen molar-refractivity contribution in [3.05, 3.63) is 70.0 Å². The van der Waals surface area contributed by atoms with Crippen LogP contribution >= 0.6 is 23.2 Å². The van der Waals surface area contributed by atoms with Crippen molar-refractivity contribution in [2.24, 2.45) is 5.73 Å². The number of rotatable bonds is 4. The van der Waals surface area contributed by atoms with Gasteiger partial charge in [-0.05, 0) is 37.3 Å². The Hall–Kier alpha value is -2.60. The molecule has 0 aliphatic carbocycles. The van der Waals surface area contributed by atoms with Crippen LogP contribution in [0.25, 0.3) is 28.3 Å². The van der Waals surface area contributed by atoms with E-state index in [-0.39, 0.29) is 0 Å². The van der Waals surface area contributed by atoms with Gasteiger partial charge in [0, 0.05) is 40.1 Å². The number of benzene rings is 2. The van der Waals surface area contributed by atoms with Gasteiger partial charge in [0.2, 0.25) is 5.78 Å². The van der Waals surface area contributed by atoms with Gasteiger partial charge in [0.25, 0.3) is 0 Å². The maximum atomic E-state index is 6.51. The molecule has 4 rings (SSSR count). The van der Waals surface area contributed by atoms with Gasteiger partial charge < -0.3 is 10.5 Å². The fraction of sp³-hybridized carbons (Fsp3) is 0.143. The minimum absolute atomic E-state index is 0.329. The molecule has 28 heavy (non-hydrogen) atoms. The number of aromatic nitrogens is 3. The summed E-state index contributed by atoms with van der Waals surface area (Å²) in [5, 5.41) is 1.12. The summed E-state index contributed by atoms with van der Waals surface area (Å²) in [5.74, 6) is 1.34. The van der Waals surface area contributed by atoms with Crippen LogP contribution in [-0.4, -0.2) is 21.5 Å². The molecule has 0 radical (unpaired) electrons. The van der Waals surface area contributed by atoms with E-state index in [1.165, 1.54) is 0 Å². The Morgan fingerprint density at radius 1 is 1.11 bits per heavy atom. The van der Waals surface area contributed by atoms with Gasteiger partial charge in [-0.15, -0.1) is 0 Å². The second-order valence-corrected chi connectivity index (χ2v) is 7.22. The lowest BCUT2D eigenvalue weighted by molar-refractivity contribution is 0.415. The van der Waals surface area contributed by atoms with E-state index in [1.807, 2.05) is 53.9 Å². The third-order valence-electron chi connectivity index (χ3n) is 4.67. The Kier molecular flexibility index (Phi) is 4.98. The molecule has 0 amide bonds. The summed E-state index contributed by atoms with van der Waals surface area (Å²) in [6.45, 7) is 2.26. The fourth-order valence-corrected chi connectivity index (χ4v) is 3.79. The highest BCUT2D eigenvalue weighted by Crippen LogP contribution is 2.35. The van der Waals surface area contributed by atoms with Crippen molar-refractivity contribution in [3.63, 3.8) is 0 Å². The summed E-state index contributed by atoms with van der Waals surface area (Å²) in [7, 11) is 1.64.